The van der Waals surface area contributed by atoms with Crippen LogP contribution in [0.1, 0.15) is 12.8 Å². The largest absolute Gasteiger partial charge is 0.337 e. The maximum atomic E-state index is 4.11. The zero-order valence-electron chi connectivity index (χ0n) is 5.80. The average Bonchev–Trinajstić information content (AvgIpc) is 2.33. The fourth-order valence-corrected chi connectivity index (χ4v) is 1.12. The van der Waals surface area contributed by atoms with Gasteiger partial charge in [-0.05, 0) is 12.6 Å². The summed E-state index contributed by atoms with van der Waals surface area (Å²) < 4.78 is 0. The first kappa shape index (κ1) is 6.33. The van der Waals surface area contributed by atoms with Gasteiger partial charge in [0.05, 0.1) is 0 Å². The van der Waals surface area contributed by atoms with Gasteiger partial charge in [0.2, 0.25) is 0 Å². The predicted octanol–water partition coefficient (Wildman–Crippen LogP) is 1.25. The summed E-state index contributed by atoms with van der Waals surface area (Å²) in [6.07, 6.45) is 4.18. The summed E-state index contributed by atoms with van der Waals surface area (Å²) in [7, 11) is 1.83. The van der Waals surface area contributed by atoms with E-state index in [2.05, 4.69) is 16.5 Å². The molecule has 1 fully saturated rings. The van der Waals surface area contributed by atoms with E-state index in [9.17, 15) is 0 Å². The van der Waals surface area contributed by atoms with Crippen molar-refractivity contribution < 1.29 is 0 Å². The third kappa shape index (κ3) is 1.12. The van der Waals surface area contributed by atoms with Crippen molar-refractivity contribution in [3.05, 3.63) is 12.8 Å². The smallest absolute Gasteiger partial charge is 0.103 e. The van der Waals surface area contributed by atoms with Crippen LogP contribution in [0.3, 0.4) is 0 Å². The highest BCUT2D eigenvalue weighted by atomic mass is 15.2. The molecule has 2 heteroatoms. The standard InChI is InChI=1S/C7H12N2/c1-3-9-6-4-5-7(9)8-2/h3H,1,4-6H2,2H3. The molecule has 0 radical (unpaired) electrons. The summed E-state index contributed by atoms with van der Waals surface area (Å²) in [4.78, 5) is 6.21. The van der Waals surface area contributed by atoms with Crippen LogP contribution in [0.4, 0.5) is 0 Å². The average molecular weight is 124 g/mol. The Hall–Kier alpha value is -0.790. The summed E-state index contributed by atoms with van der Waals surface area (Å²) in [5.74, 6) is 1.17. The highest BCUT2D eigenvalue weighted by Gasteiger charge is 2.13. The third-order valence-corrected chi connectivity index (χ3v) is 1.61. The van der Waals surface area contributed by atoms with Crippen LogP contribution in [0.25, 0.3) is 0 Å². The molecule has 50 valence electrons. The minimum Gasteiger partial charge on any atom is -0.337 e. The van der Waals surface area contributed by atoms with Gasteiger partial charge < -0.3 is 4.90 Å². The molecular formula is C7H12N2. The first-order chi connectivity index (χ1) is 4.38. The Labute approximate surface area is 55.9 Å². The molecule has 1 rings (SSSR count). The Morgan fingerprint density at radius 1 is 1.78 bits per heavy atom. The van der Waals surface area contributed by atoms with Crippen LogP contribution < -0.4 is 0 Å². The van der Waals surface area contributed by atoms with Gasteiger partial charge in [-0.1, -0.05) is 6.58 Å². The molecule has 0 bridgehead atoms. The molecule has 0 aromatic carbocycles. The van der Waals surface area contributed by atoms with E-state index in [4.69, 9.17) is 0 Å². The van der Waals surface area contributed by atoms with E-state index >= 15 is 0 Å². The number of nitrogens with zero attached hydrogens (tertiary/aromatic N) is 2. The molecule has 0 N–H and O–H groups in total. The second kappa shape index (κ2) is 2.67. The highest BCUT2D eigenvalue weighted by molar-refractivity contribution is 5.84. The fraction of sp³-hybridized carbons (Fsp3) is 0.571. The minimum atomic E-state index is 1.09. The van der Waals surface area contributed by atoms with Crippen LogP contribution in [-0.4, -0.2) is 24.3 Å². The van der Waals surface area contributed by atoms with Crippen LogP contribution in [0.2, 0.25) is 0 Å². The van der Waals surface area contributed by atoms with E-state index < -0.39 is 0 Å². The maximum Gasteiger partial charge on any atom is 0.103 e. The third-order valence-electron chi connectivity index (χ3n) is 1.61. The normalized spacial score (nSPS) is 23.2. The van der Waals surface area contributed by atoms with E-state index in [0.717, 1.165) is 13.0 Å². The Kier molecular flexibility index (Phi) is 1.88. The van der Waals surface area contributed by atoms with Gasteiger partial charge in [0.15, 0.2) is 0 Å². The molecule has 0 aromatic heterocycles. The van der Waals surface area contributed by atoms with E-state index in [-0.39, 0.29) is 0 Å². The van der Waals surface area contributed by atoms with Crippen molar-refractivity contribution in [2.75, 3.05) is 13.6 Å². The molecule has 1 saturated heterocycles. The van der Waals surface area contributed by atoms with Gasteiger partial charge in [-0.15, -0.1) is 0 Å². The molecule has 0 aliphatic carbocycles. The molecule has 1 heterocycles. The van der Waals surface area contributed by atoms with Crippen molar-refractivity contribution in [2.24, 2.45) is 4.99 Å². The topological polar surface area (TPSA) is 15.6 Å². The lowest BCUT2D eigenvalue weighted by Crippen LogP contribution is -2.16. The van der Waals surface area contributed by atoms with Crippen LogP contribution in [0.15, 0.2) is 17.8 Å². The molecule has 0 atom stereocenters. The number of amidine groups is 1. The predicted molar refractivity (Wildman–Crippen MR) is 39.5 cm³/mol. The number of hydrogen-bond acceptors (Lipinski definition) is 1. The Morgan fingerprint density at radius 3 is 3.00 bits per heavy atom. The number of hydrogen-bond donors (Lipinski definition) is 0. The first-order valence-corrected chi connectivity index (χ1v) is 3.23. The molecule has 2 nitrogen and oxygen atoms in total. The first-order valence-electron chi connectivity index (χ1n) is 3.23. The van der Waals surface area contributed by atoms with Gasteiger partial charge in [0.25, 0.3) is 0 Å². The fourth-order valence-electron chi connectivity index (χ4n) is 1.12. The zero-order valence-corrected chi connectivity index (χ0v) is 5.80. The van der Waals surface area contributed by atoms with Crippen LogP contribution in [0.5, 0.6) is 0 Å². The molecule has 0 saturated carbocycles. The second-order valence-corrected chi connectivity index (χ2v) is 2.12. The molecule has 0 aromatic rings. The summed E-state index contributed by atoms with van der Waals surface area (Å²) in [5, 5.41) is 0. The Morgan fingerprint density at radius 2 is 2.56 bits per heavy atom. The van der Waals surface area contributed by atoms with E-state index in [1.807, 2.05) is 13.2 Å². The van der Waals surface area contributed by atoms with Crippen LogP contribution in [-0.2, 0) is 0 Å². The van der Waals surface area contributed by atoms with Crippen LogP contribution in [0, 0.1) is 0 Å². The maximum absolute atomic E-state index is 4.11. The number of aliphatic imine (C=N–C) groups is 1. The van der Waals surface area contributed by atoms with Gasteiger partial charge in [0.1, 0.15) is 5.84 Å². The lowest BCUT2D eigenvalue weighted by molar-refractivity contribution is 0.604. The Bertz CT molecular complexity index is 138. The van der Waals surface area contributed by atoms with Gasteiger partial charge in [-0.25, -0.2) is 0 Å². The zero-order chi connectivity index (χ0) is 6.69. The SMILES string of the molecule is C=CN1CCCC1=NC. The molecule has 0 unspecified atom stereocenters. The van der Waals surface area contributed by atoms with Gasteiger partial charge >= 0.3 is 0 Å². The molecule has 1 aliphatic rings. The lowest BCUT2D eigenvalue weighted by Gasteiger charge is -2.10. The van der Waals surface area contributed by atoms with Crippen molar-refractivity contribution in [3.8, 4) is 0 Å². The van der Waals surface area contributed by atoms with E-state index in [0.29, 0.717) is 0 Å². The summed E-state index contributed by atoms with van der Waals surface area (Å²) in [5.41, 5.74) is 0. The monoisotopic (exact) mass is 124 g/mol. The summed E-state index contributed by atoms with van der Waals surface area (Å²) in [6.45, 7) is 4.78. The molecule has 0 spiro atoms. The van der Waals surface area contributed by atoms with E-state index in [1.54, 1.807) is 0 Å². The van der Waals surface area contributed by atoms with Gasteiger partial charge in [-0.2, -0.15) is 0 Å². The summed E-state index contributed by atoms with van der Waals surface area (Å²) in [6, 6.07) is 0. The number of rotatable bonds is 1. The van der Waals surface area contributed by atoms with Crippen molar-refractivity contribution in [3.63, 3.8) is 0 Å². The molecule has 9 heavy (non-hydrogen) atoms. The highest BCUT2D eigenvalue weighted by Crippen LogP contribution is 2.10. The molecular weight excluding hydrogens is 112 g/mol. The quantitative estimate of drug-likeness (QED) is 0.513. The number of likely N-dealkylation sites (tertiary alicyclic amines) is 1. The van der Waals surface area contributed by atoms with Gasteiger partial charge in [0, 0.05) is 20.0 Å². The van der Waals surface area contributed by atoms with Crippen molar-refractivity contribution in [1.82, 2.24) is 4.90 Å². The Balaban J connectivity index is 2.62. The van der Waals surface area contributed by atoms with Crippen molar-refractivity contribution in [1.29, 1.82) is 0 Å². The minimum absolute atomic E-state index is 1.09. The molecule has 0 amide bonds. The van der Waals surface area contributed by atoms with Crippen molar-refractivity contribution >= 4 is 5.84 Å². The second-order valence-electron chi connectivity index (χ2n) is 2.12. The summed E-state index contributed by atoms with van der Waals surface area (Å²) >= 11 is 0. The van der Waals surface area contributed by atoms with Crippen LogP contribution >= 0.6 is 0 Å². The van der Waals surface area contributed by atoms with Crippen molar-refractivity contribution in [2.45, 2.75) is 12.8 Å². The molecule has 1 aliphatic heterocycles. The van der Waals surface area contributed by atoms with E-state index in [1.165, 1.54) is 12.3 Å². The van der Waals surface area contributed by atoms with Gasteiger partial charge in [-0.3, -0.25) is 4.99 Å². The lowest BCUT2D eigenvalue weighted by atomic mass is 10.4.